The van der Waals surface area contributed by atoms with E-state index in [9.17, 15) is 9.90 Å². The number of nitrogens with one attached hydrogen (secondary N) is 1. The third-order valence-corrected chi connectivity index (χ3v) is 3.53. The average molecular weight is 274 g/mol. The van der Waals surface area contributed by atoms with Gasteiger partial charge in [-0.1, -0.05) is 0 Å². The van der Waals surface area contributed by atoms with Gasteiger partial charge in [-0.3, -0.25) is 4.79 Å². The number of hydrogen-bond donors (Lipinski definition) is 2. The van der Waals surface area contributed by atoms with Crippen LogP contribution < -0.4 is 0 Å². The van der Waals surface area contributed by atoms with Gasteiger partial charge in [0.25, 0.3) is 5.91 Å². The highest BCUT2D eigenvalue weighted by atomic mass is 16.3. The SMILES string of the molecule is Cc1[nH]c2ccc(C(=O)N(C)CC(C)(C)O)cc2c1C. The van der Waals surface area contributed by atoms with E-state index in [4.69, 9.17) is 0 Å². The predicted octanol–water partition coefficient (Wildman–Crippen LogP) is 2.63. The van der Waals surface area contributed by atoms with Gasteiger partial charge in [-0.2, -0.15) is 0 Å². The molecule has 0 saturated carbocycles. The molecular formula is C16H22N2O2. The lowest BCUT2D eigenvalue weighted by Gasteiger charge is -2.25. The first kappa shape index (κ1) is 14.6. The van der Waals surface area contributed by atoms with Crippen molar-refractivity contribution in [1.29, 1.82) is 0 Å². The quantitative estimate of drug-likeness (QED) is 0.904. The Morgan fingerprint density at radius 3 is 2.60 bits per heavy atom. The highest BCUT2D eigenvalue weighted by molar-refractivity contribution is 5.99. The molecule has 0 aliphatic rings. The highest BCUT2D eigenvalue weighted by Crippen LogP contribution is 2.23. The molecule has 1 amide bonds. The third kappa shape index (κ3) is 2.85. The van der Waals surface area contributed by atoms with Crippen LogP contribution in [-0.2, 0) is 0 Å². The first-order chi connectivity index (χ1) is 9.19. The summed E-state index contributed by atoms with van der Waals surface area (Å²) >= 11 is 0. The van der Waals surface area contributed by atoms with Crippen LogP contribution in [0.3, 0.4) is 0 Å². The number of nitrogens with zero attached hydrogens (tertiary/aromatic N) is 1. The fourth-order valence-electron chi connectivity index (χ4n) is 2.47. The van der Waals surface area contributed by atoms with Crippen molar-refractivity contribution in [1.82, 2.24) is 9.88 Å². The lowest BCUT2D eigenvalue weighted by molar-refractivity contribution is 0.0368. The number of rotatable bonds is 3. The lowest BCUT2D eigenvalue weighted by atomic mass is 10.1. The van der Waals surface area contributed by atoms with Crippen LogP contribution in [0, 0.1) is 13.8 Å². The molecule has 0 radical (unpaired) electrons. The molecule has 20 heavy (non-hydrogen) atoms. The predicted molar refractivity (Wildman–Crippen MR) is 81.0 cm³/mol. The number of H-pyrrole nitrogens is 1. The zero-order valence-electron chi connectivity index (χ0n) is 12.7. The standard InChI is InChI=1S/C16H22N2O2/c1-10-11(2)17-14-7-6-12(8-13(10)14)15(19)18(5)9-16(3,4)20/h6-8,17,20H,9H2,1-5H3. The Morgan fingerprint density at radius 2 is 2.00 bits per heavy atom. The van der Waals surface area contributed by atoms with Gasteiger partial charge in [-0.05, 0) is 51.5 Å². The van der Waals surface area contributed by atoms with Gasteiger partial charge in [0.2, 0.25) is 0 Å². The first-order valence-electron chi connectivity index (χ1n) is 6.76. The second kappa shape index (κ2) is 4.94. The summed E-state index contributed by atoms with van der Waals surface area (Å²) in [6.07, 6.45) is 0. The van der Waals surface area contributed by atoms with Crippen LogP contribution in [0.25, 0.3) is 10.9 Å². The van der Waals surface area contributed by atoms with Crippen molar-refractivity contribution >= 4 is 16.8 Å². The molecule has 0 fully saturated rings. The molecule has 0 unspecified atom stereocenters. The van der Waals surface area contributed by atoms with Crippen molar-refractivity contribution in [3.8, 4) is 0 Å². The van der Waals surface area contributed by atoms with E-state index in [1.165, 1.54) is 5.56 Å². The number of aryl methyl sites for hydroxylation is 2. The summed E-state index contributed by atoms with van der Waals surface area (Å²) < 4.78 is 0. The second-order valence-electron chi connectivity index (χ2n) is 6.11. The molecule has 108 valence electrons. The number of carbonyl (C=O) groups is 1. The van der Waals surface area contributed by atoms with Crippen molar-refractivity contribution in [2.45, 2.75) is 33.3 Å². The first-order valence-corrected chi connectivity index (χ1v) is 6.76. The van der Waals surface area contributed by atoms with E-state index in [0.29, 0.717) is 12.1 Å². The van der Waals surface area contributed by atoms with Crippen LogP contribution in [0.4, 0.5) is 0 Å². The van der Waals surface area contributed by atoms with Gasteiger partial charge < -0.3 is 15.0 Å². The summed E-state index contributed by atoms with van der Waals surface area (Å²) in [5.74, 6) is -0.0766. The number of aromatic nitrogens is 1. The minimum Gasteiger partial charge on any atom is -0.389 e. The molecule has 0 saturated heterocycles. The maximum atomic E-state index is 12.4. The van der Waals surface area contributed by atoms with Crippen LogP contribution in [-0.4, -0.2) is 40.1 Å². The van der Waals surface area contributed by atoms with Gasteiger partial charge in [0, 0.05) is 35.8 Å². The van der Waals surface area contributed by atoms with E-state index in [-0.39, 0.29) is 5.91 Å². The average Bonchev–Trinajstić information content (AvgIpc) is 2.62. The molecule has 2 N–H and O–H groups in total. The lowest BCUT2D eigenvalue weighted by Crippen LogP contribution is -2.39. The molecule has 4 nitrogen and oxygen atoms in total. The van der Waals surface area contributed by atoms with Crippen LogP contribution in [0.15, 0.2) is 18.2 Å². The number of hydrogen-bond acceptors (Lipinski definition) is 2. The molecule has 1 aromatic carbocycles. The molecule has 0 spiro atoms. The Kier molecular flexibility index (Phi) is 3.61. The second-order valence-corrected chi connectivity index (χ2v) is 6.11. The van der Waals surface area contributed by atoms with Crippen LogP contribution in [0.5, 0.6) is 0 Å². The van der Waals surface area contributed by atoms with E-state index >= 15 is 0 Å². The third-order valence-electron chi connectivity index (χ3n) is 3.53. The van der Waals surface area contributed by atoms with Crippen molar-refractivity contribution < 1.29 is 9.90 Å². The number of aromatic amines is 1. The zero-order chi connectivity index (χ0) is 15.1. The molecule has 2 aromatic rings. The number of aliphatic hydroxyl groups is 1. The van der Waals surface area contributed by atoms with Gasteiger partial charge >= 0.3 is 0 Å². The molecule has 4 heteroatoms. The number of benzene rings is 1. The molecule has 1 heterocycles. The maximum absolute atomic E-state index is 12.4. The van der Waals surface area contributed by atoms with Gasteiger partial charge in [0.05, 0.1) is 5.60 Å². The van der Waals surface area contributed by atoms with E-state index in [1.54, 1.807) is 25.8 Å². The molecular weight excluding hydrogens is 252 g/mol. The van der Waals surface area contributed by atoms with Crippen LogP contribution >= 0.6 is 0 Å². The van der Waals surface area contributed by atoms with Gasteiger partial charge in [-0.15, -0.1) is 0 Å². The molecule has 0 atom stereocenters. The molecule has 0 bridgehead atoms. The van der Waals surface area contributed by atoms with E-state index < -0.39 is 5.60 Å². The highest BCUT2D eigenvalue weighted by Gasteiger charge is 2.20. The summed E-state index contributed by atoms with van der Waals surface area (Å²) in [7, 11) is 1.71. The minimum absolute atomic E-state index is 0.0766. The van der Waals surface area contributed by atoms with Crippen molar-refractivity contribution in [2.75, 3.05) is 13.6 Å². The van der Waals surface area contributed by atoms with E-state index in [1.807, 2.05) is 32.0 Å². The molecule has 0 aliphatic carbocycles. The van der Waals surface area contributed by atoms with Gasteiger partial charge in [-0.25, -0.2) is 0 Å². The van der Waals surface area contributed by atoms with Crippen molar-refractivity contribution in [3.05, 3.63) is 35.0 Å². The molecule has 0 aliphatic heterocycles. The Labute approximate surface area is 119 Å². The van der Waals surface area contributed by atoms with Gasteiger partial charge in [0.1, 0.15) is 0 Å². The maximum Gasteiger partial charge on any atom is 0.253 e. The van der Waals surface area contributed by atoms with Crippen LogP contribution in [0.2, 0.25) is 0 Å². The van der Waals surface area contributed by atoms with Crippen molar-refractivity contribution in [2.24, 2.45) is 0 Å². The van der Waals surface area contributed by atoms with Gasteiger partial charge in [0.15, 0.2) is 0 Å². The number of amides is 1. The number of carbonyl (C=O) groups excluding carboxylic acids is 1. The Balaban J connectivity index is 2.33. The smallest absolute Gasteiger partial charge is 0.253 e. The monoisotopic (exact) mass is 274 g/mol. The Morgan fingerprint density at radius 1 is 1.35 bits per heavy atom. The minimum atomic E-state index is -0.894. The van der Waals surface area contributed by atoms with Crippen LogP contribution in [0.1, 0.15) is 35.5 Å². The summed E-state index contributed by atoms with van der Waals surface area (Å²) in [4.78, 5) is 17.2. The molecule has 2 rings (SSSR count). The van der Waals surface area contributed by atoms with E-state index in [0.717, 1.165) is 16.6 Å². The molecule has 1 aromatic heterocycles. The fraction of sp³-hybridized carbons (Fsp3) is 0.438. The summed E-state index contributed by atoms with van der Waals surface area (Å²) in [5, 5.41) is 10.9. The largest absolute Gasteiger partial charge is 0.389 e. The summed E-state index contributed by atoms with van der Waals surface area (Å²) in [6, 6.07) is 5.67. The Bertz CT molecular complexity index is 650. The number of likely N-dealkylation sites (N-methyl/N-ethyl adjacent to an activating group) is 1. The summed E-state index contributed by atoms with van der Waals surface area (Å²) in [6.45, 7) is 7.76. The zero-order valence-corrected chi connectivity index (χ0v) is 12.7. The normalized spacial score (nSPS) is 11.9. The number of fused-ring (bicyclic) bond motifs is 1. The fourth-order valence-corrected chi connectivity index (χ4v) is 2.47. The Hall–Kier alpha value is -1.81. The topological polar surface area (TPSA) is 56.3 Å². The van der Waals surface area contributed by atoms with E-state index in [2.05, 4.69) is 4.98 Å². The van der Waals surface area contributed by atoms with Crippen molar-refractivity contribution in [3.63, 3.8) is 0 Å². The summed E-state index contributed by atoms with van der Waals surface area (Å²) in [5.41, 5.74) is 3.08.